The summed E-state index contributed by atoms with van der Waals surface area (Å²) in [6.45, 7) is 4.09. The number of carbonyl (C=O) groups is 1. The molecule has 0 aliphatic carbocycles. The number of rotatable bonds is 7. The molecule has 1 N–H and O–H groups in total. The summed E-state index contributed by atoms with van der Waals surface area (Å²) in [5.74, 6) is -0.166. The standard InChI is InChI=1S/C23H24F2N2O2S/c1-4-30-22-21(23(28)29)15(2)12-20(26(3)19-10-8-17(24)9-11-19)27(22)14-16-6-5-7-18(25)13-16/h5-13,22H,4,14H2,1-3H3,(H,28,29). The Hall–Kier alpha value is -2.80. The minimum Gasteiger partial charge on any atom is -0.478 e. The van der Waals surface area contributed by atoms with E-state index in [1.54, 1.807) is 25.1 Å². The van der Waals surface area contributed by atoms with Crippen LogP contribution in [0, 0.1) is 11.6 Å². The van der Waals surface area contributed by atoms with E-state index >= 15 is 0 Å². The lowest BCUT2D eigenvalue weighted by Crippen LogP contribution is -2.43. The number of carboxylic acids is 1. The summed E-state index contributed by atoms with van der Waals surface area (Å²) in [7, 11) is 1.85. The molecule has 0 aromatic heterocycles. The predicted molar refractivity (Wildman–Crippen MR) is 117 cm³/mol. The van der Waals surface area contributed by atoms with Crippen LogP contribution in [0.1, 0.15) is 19.4 Å². The molecule has 1 aliphatic rings. The second kappa shape index (κ2) is 9.34. The molecule has 4 nitrogen and oxygen atoms in total. The van der Waals surface area contributed by atoms with E-state index in [0.717, 1.165) is 17.1 Å². The Balaban J connectivity index is 2.09. The van der Waals surface area contributed by atoms with Crippen molar-refractivity contribution in [1.82, 2.24) is 4.90 Å². The minimum absolute atomic E-state index is 0.314. The zero-order valence-corrected chi connectivity index (χ0v) is 17.9. The van der Waals surface area contributed by atoms with Crippen LogP contribution in [0.15, 0.2) is 71.6 Å². The lowest BCUT2D eigenvalue weighted by Gasteiger charge is -2.42. The van der Waals surface area contributed by atoms with Gasteiger partial charge in [-0.2, -0.15) is 0 Å². The van der Waals surface area contributed by atoms with Gasteiger partial charge in [-0.05, 0) is 66.3 Å². The van der Waals surface area contributed by atoms with Crippen molar-refractivity contribution in [2.75, 3.05) is 17.7 Å². The monoisotopic (exact) mass is 430 g/mol. The molecule has 3 rings (SSSR count). The summed E-state index contributed by atoms with van der Waals surface area (Å²) in [5, 5.41) is 9.42. The van der Waals surface area contributed by atoms with Crippen molar-refractivity contribution in [2.24, 2.45) is 0 Å². The first kappa shape index (κ1) is 21.9. The van der Waals surface area contributed by atoms with Crippen molar-refractivity contribution in [3.05, 3.63) is 88.8 Å². The third-order valence-corrected chi connectivity index (χ3v) is 6.09. The molecule has 0 bridgehead atoms. The van der Waals surface area contributed by atoms with Crippen molar-refractivity contribution in [1.29, 1.82) is 0 Å². The maximum absolute atomic E-state index is 13.8. The highest BCUT2D eigenvalue weighted by atomic mass is 32.2. The van der Waals surface area contributed by atoms with Gasteiger partial charge in [-0.3, -0.25) is 0 Å². The van der Waals surface area contributed by atoms with Gasteiger partial charge in [-0.15, -0.1) is 11.8 Å². The van der Waals surface area contributed by atoms with Gasteiger partial charge in [0.05, 0.1) is 5.57 Å². The third kappa shape index (κ3) is 4.67. The Bertz CT molecular complexity index is 989. The zero-order valence-electron chi connectivity index (χ0n) is 17.1. The molecule has 30 heavy (non-hydrogen) atoms. The third-order valence-electron chi connectivity index (χ3n) is 4.95. The number of carboxylic acid groups (broad SMARTS) is 1. The fourth-order valence-corrected chi connectivity index (χ4v) is 4.64. The smallest absolute Gasteiger partial charge is 0.334 e. The highest BCUT2D eigenvalue weighted by Gasteiger charge is 2.35. The summed E-state index contributed by atoms with van der Waals surface area (Å²) < 4.78 is 27.2. The fourth-order valence-electron chi connectivity index (χ4n) is 3.51. The molecule has 0 spiro atoms. The largest absolute Gasteiger partial charge is 0.478 e. The average Bonchev–Trinajstić information content (AvgIpc) is 2.70. The number of allylic oxidation sites excluding steroid dienone is 2. The Labute approximate surface area is 179 Å². The number of thioether (sulfide) groups is 1. The Morgan fingerprint density at radius 2 is 1.87 bits per heavy atom. The first-order valence-corrected chi connectivity index (χ1v) is 10.6. The molecular weight excluding hydrogens is 406 g/mol. The summed E-state index contributed by atoms with van der Waals surface area (Å²) in [5.41, 5.74) is 2.47. The number of benzene rings is 2. The van der Waals surface area contributed by atoms with E-state index in [0.29, 0.717) is 23.4 Å². The molecule has 0 fully saturated rings. The van der Waals surface area contributed by atoms with Gasteiger partial charge in [0.25, 0.3) is 0 Å². The normalized spacial score (nSPS) is 16.5. The molecule has 1 heterocycles. The van der Waals surface area contributed by atoms with Crippen molar-refractivity contribution in [3.63, 3.8) is 0 Å². The second-order valence-electron chi connectivity index (χ2n) is 7.01. The molecule has 1 aliphatic heterocycles. The highest BCUT2D eigenvalue weighted by molar-refractivity contribution is 8.00. The molecule has 0 saturated carbocycles. The van der Waals surface area contributed by atoms with Gasteiger partial charge in [0.1, 0.15) is 22.8 Å². The minimum atomic E-state index is -0.970. The molecular formula is C23H24F2N2O2S. The molecule has 2 aromatic rings. The van der Waals surface area contributed by atoms with Gasteiger partial charge in [-0.25, -0.2) is 13.6 Å². The van der Waals surface area contributed by atoms with Crippen molar-refractivity contribution in [3.8, 4) is 0 Å². The second-order valence-corrected chi connectivity index (χ2v) is 8.36. The van der Waals surface area contributed by atoms with Crippen molar-refractivity contribution in [2.45, 2.75) is 25.8 Å². The molecule has 7 heteroatoms. The summed E-state index contributed by atoms with van der Waals surface area (Å²) in [4.78, 5) is 15.9. The van der Waals surface area contributed by atoms with E-state index in [9.17, 15) is 18.7 Å². The van der Waals surface area contributed by atoms with Crippen LogP contribution in [0.4, 0.5) is 14.5 Å². The van der Waals surface area contributed by atoms with E-state index in [1.807, 2.05) is 35.9 Å². The van der Waals surface area contributed by atoms with E-state index in [2.05, 4.69) is 0 Å². The molecule has 0 saturated heterocycles. The van der Waals surface area contributed by atoms with E-state index in [-0.39, 0.29) is 11.6 Å². The lowest BCUT2D eigenvalue weighted by molar-refractivity contribution is -0.133. The molecule has 0 radical (unpaired) electrons. The van der Waals surface area contributed by atoms with Crippen LogP contribution in [-0.2, 0) is 11.3 Å². The molecule has 0 amide bonds. The predicted octanol–water partition coefficient (Wildman–Crippen LogP) is 5.24. The van der Waals surface area contributed by atoms with Gasteiger partial charge in [0, 0.05) is 19.3 Å². The molecule has 2 aromatic carbocycles. The first-order valence-electron chi connectivity index (χ1n) is 9.59. The van der Waals surface area contributed by atoms with Crippen LogP contribution < -0.4 is 4.90 Å². The SMILES string of the molecule is CCSC1C(C(=O)O)=C(C)C=C(N(C)c2ccc(F)cc2)N1Cc1cccc(F)c1. The Kier molecular flexibility index (Phi) is 6.82. The maximum atomic E-state index is 13.8. The zero-order chi connectivity index (χ0) is 21.8. The molecule has 1 atom stereocenters. The number of halogens is 2. The number of hydrogen-bond acceptors (Lipinski definition) is 4. The number of nitrogens with zero attached hydrogens (tertiary/aromatic N) is 2. The van der Waals surface area contributed by atoms with Crippen molar-refractivity contribution >= 4 is 23.4 Å². The summed E-state index contributed by atoms with van der Waals surface area (Å²) in [6, 6.07) is 12.4. The number of anilines is 1. The fraction of sp³-hybridized carbons (Fsp3) is 0.261. The van der Waals surface area contributed by atoms with Crippen LogP contribution in [0.3, 0.4) is 0 Å². The topological polar surface area (TPSA) is 43.8 Å². The average molecular weight is 431 g/mol. The van der Waals surface area contributed by atoms with Gasteiger partial charge in [0.15, 0.2) is 0 Å². The van der Waals surface area contributed by atoms with Crippen LogP contribution in [0.5, 0.6) is 0 Å². The van der Waals surface area contributed by atoms with Crippen LogP contribution in [-0.4, -0.2) is 34.2 Å². The number of aliphatic carboxylic acids is 1. The Morgan fingerprint density at radius 3 is 2.47 bits per heavy atom. The Morgan fingerprint density at radius 1 is 1.17 bits per heavy atom. The quantitative estimate of drug-likeness (QED) is 0.651. The summed E-state index contributed by atoms with van der Waals surface area (Å²) >= 11 is 1.51. The van der Waals surface area contributed by atoms with E-state index in [4.69, 9.17) is 0 Å². The van der Waals surface area contributed by atoms with E-state index < -0.39 is 11.3 Å². The van der Waals surface area contributed by atoms with Crippen LogP contribution in [0.25, 0.3) is 0 Å². The van der Waals surface area contributed by atoms with E-state index in [1.165, 1.54) is 36.0 Å². The van der Waals surface area contributed by atoms with Crippen molar-refractivity contribution < 1.29 is 18.7 Å². The van der Waals surface area contributed by atoms with Gasteiger partial charge >= 0.3 is 5.97 Å². The maximum Gasteiger partial charge on any atom is 0.334 e. The van der Waals surface area contributed by atoms with Gasteiger partial charge in [-0.1, -0.05) is 19.1 Å². The number of hydrogen-bond donors (Lipinski definition) is 1. The molecule has 1 unspecified atom stereocenters. The van der Waals surface area contributed by atoms with Crippen LogP contribution >= 0.6 is 11.8 Å². The summed E-state index contributed by atoms with van der Waals surface area (Å²) in [6.07, 6.45) is 1.82. The van der Waals surface area contributed by atoms with Gasteiger partial charge in [0.2, 0.25) is 0 Å². The molecule has 158 valence electrons. The highest BCUT2D eigenvalue weighted by Crippen LogP contribution is 2.37. The van der Waals surface area contributed by atoms with Crippen LogP contribution in [0.2, 0.25) is 0 Å². The van der Waals surface area contributed by atoms with Gasteiger partial charge < -0.3 is 14.9 Å². The lowest BCUT2D eigenvalue weighted by atomic mass is 10.0. The first-order chi connectivity index (χ1) is 14.3.